The number of hydrogen-bond acceptors (Lipinski definition) is 5. The van der Waals surface area contributed by atoms with Crippen molar-refractivity contribution >= 4 is 28.6 Å². The number of nitrogens with one attached hydrogen (secondary N) is 1. The Hall–Kier alpha value is -1.21. The van der Waals surface area contributed by atoms with Gasteiger partial charge in [-0.25, -0.2) is 0 Å². The van der Waals surface area contributed by atoms with Crippen LogP contribution in [0.2, 0.25) is 0 Å². The number of thiophene rings is 2. The Morgan fingerprint density at radius 2 is 1.88 bits per heavy atom. The zero-order valence-corrected chi connectivity index (χ0v) is 16.6. The highest BCUT2D eigenvalue weighted by Crippen LogP contribution is 2.43. The van der Waals surface area contributed by atoms with Crippen LogP contribution in [0.5, 0.6) is 0 Å². The summed E-state index contributed by atoms with van der Waals surface area (Å²) in [5, 5.41) is 7.54. The average molecular weight is 391 g/mol. The summed E-state index contributed by atoms with van der Waals surface area (Å²) in [6.45, 7) is 4.07. The van der Waals surface area contributed by atoms with Crippen molar-refractivity contribution in [3.8, 4) is 0 Å². The number of carbonyl (C=O) groups excluding carboxylic acids is 1. The molecule has 1 aliphatic carbocycles. The monoisotopic (exact) mass is 390 g/mol. The summed E-state index contributed by atoms with van der Waals surface area (Å²) >= 11 is 3.50. The van der Waals surface area contributed by atoms with Crippen molar-refractivity contribution in [3.05, 3.63) is 44.8 Å². The quantitative estimate of drug-likeness (QED) is 0.815. The van der Waals surface area contributed by atoms with E-state index in [1.165, 1.54) is 9.75 Å². The molecule has 2 aliphatic rings. The highest BCUT2D eigenvalue weighted by atomic mass is 32.1. The Balaban J connectivity index is 1.49. The largest absolute Gasteiger partial charge is 0.379 e. The third-order valence-electron chi connectivity index (χ3n) is 5.70. The van der Waals surface area contributed by atoms with Gasteiger partial charge in [-0.05, 0) is 35.7 Å². The van der Waals surface area contributed by atoms with Crippen LogP contribution in [0.1, 0.15) is 41.5 Å². The third-order valence-corrected chi connectivity index (χ3v) is 7.75. The van der Waals surface area contributed by atoms with E-state index < -0.39 is 0 Å². The Labute approximate surface area is 163 Å². The van der Waals surface area contributed by atoms with Crippen LogP contribution in [0, 0.1) is 0 Å². The molecule has 1 saturated heterocycles. The maximum Gasteiger partial charge on any atom is 0.231 e. The Kier molecular flexibility index (Phi) is 5.74. The summed E-state index contributed by atoms with van der Waals surface area (Å²) in [5.74, 6) is 0.215. The van der Waals surface area contributed by atoms with Gasteiger partial charge in [0.25, 0.3) is 0 Å². The van der Waals surface area contributed by atoms with E-state index in [1.807, 2.05) is 0 Å². The van der Waals surface area contributed by atoms with Crippen LogP contribution in [-0.4, -0.2) is 43.7 Å². The van der Waals surface area contributed by atoms with Gasteiger partial charge < -0.3 is 10.1 Å². The number of ether oxygens (including phenoxy) is 1. The first kappa shape index (κ1) is 18.2. The minimum Gasteiger partial charge on any atom is -0.379 e. The van der Waals surface area contributed by atoms with Gasteiger partial charge in [-0.3, -0.25) is 9.69 Å². The van der Waals surface area contributed by atoms with Crippen molar-refractivity contribution in [1.82, 2.24) is 10.2 Å². The molecule has 0 bridgehead atoms. The van der Waals surface area contributed by atoms with Crippen LogP contribution < -0.4 is 5.32 Å². The molecule has 2 aromatic rings. The summed E-state index contributed by atoms with van der Waals surface area (Å²) in [4.78, 5) is 18.3. The van der Waals surface area contributed by atoms with E-state index in [0.717, 1.165) is 52.0 Å². The van der Waals surface area contributed by atoms with Crippen molar-refractivity contribution in [2.45, 2.75) is 37.1 Å². The fourth-order valence-electron chi connectivity index (χ4n) is 4.25. The van der Waals surface area contributed by atoms with Gasteiger partial charge in [0.2, 0.25) is 5.91 Å². The fourth-order valence-corrected chi connectivity index (χ4v) is 6.10. The standard InChI is InChI=1S/C20H26N2O2S2/c23-19(20(7-1-2-8-20)18-6-4-14-26-18)21-15-16(17-5-3-13-25-17)22-9-11-24-12-10-22/h3-6,13-14,16H,1-2,7-12,15H2,(H,21,23). The summed E-state index contributed by atoms with van der Waals surface area (Å²) in [6, 6.07) is 8.72. The number of carbonyl (C=O) groups is 1. The first-order valence-electron chi connectivity index (χ1n) is 9.47. The molecule has 0 radical (unpaired) electrons. The number of hydrogen-bond donors (Lipinski definition) is 1. The van der Waals surface area contributed by atoms with Gasteiger partial charge in [-0.2, -0.15) is 0 Å². The van der Waals surface area contributed by atoms with Crippen LogP contribution in [-0.2, 0) is 14.9 Å². The molecule has 1 saturated carbocycles. The second-order valence-corrected chi connectivity index (χ2v) is 9.08. The highest BCUT2D eigenvalue weighted by molar-refractivity contribution is 7.10. The van der Waals surface area contributed by atoms with Crippen molar-refractivity contribution < 1.29 is 9.53 Å². The van der Waals surface area contributed by atoms with Crippen molar-refractivity contribution in [1.29, 1.82) is 0 Å². The molecule has 1 aliphatic heterocycles. The van der Waals surface area contributed by atoms with Crippen molar-refractivity contribution in [2.24, 2.45) is 0 Å². The summed E-state index contributed by atoms with van der Waals surface area (Å²) < 4.78 is 5.51. The number of amides is 1. The SMILES string of the molecule is O=C(NCC(c1cccs1)N1CCOCC1)C1(c2cccs2)CCCC1. The summed E-state index contributed by atoms with van der Waals surface area (Å²) in [5.41, 5.74) is -0.306. The molecule has 1 N–H and O–H groups in total. The lowest BCUT2D eigenvalue weighted by Gasteiger charge is -2.35. The van der Waals surface area contributed by atoms with Crippen molar-refractivity contribution in [2.75, 3.05) is 32.8 Å². The zero-order valence-electron chi connectivity index (χ0n) is 15.0. The predicted octanol–water partition coefficient (Wildman–Crippen LogP) is 3.81. The summed E-state index contributed by atoms with van der Waals surface area (Å²) in [7, 11) is 0. The van der Waals surface area contributed by atoms with E-state index in [4.69, 9.17) is 4.74 Å². The van der Waals surface area contributed by atoms with Crippen molar-refractivity contribution in [3.63, 3.8) is 0 Å². The van der Waals surface area contributed by atoms with Gasteiger partial charge in [0.15, 0.2) is 0 Å². The molecule has 0 spiro atoms. The Morgan fingerprint density at radius 1 is 1.15 bits per heavy atom. The average Bonchev–Trinajstić information content (AvgIpc) is 3.44. The number of nitrogens with zero attached hydrogens (tertiary/aromatic N) is 1. The minimum absolute atomic E-state index is 0.215. The van der Waals surface area contributed by atoms with E-state index in [9.17, 15) is 4.79 Å². The molecule has 2 aromatic heterocycles. The van der Waals surface area contributed by atoms with Gasteiger partial charge >= 0.3 is 0 Å². The van der Waals surface area contributed by atoms with Crippen LogP contribution in [0.15, 0.2) is 35.0 Å². The lowest BCUT2D eigenvalue weighted by molar-refractivity contribution is -0.126. The normalized spacial score (nSPS) is 21.5. The van der Waals surface area contributed by atoms with Gasteiger partial charge in [0, 0.05) is 29.4 Å². The minimum atomic E-state index is -0.306. The molecular formula is C20H26N2O2S2. The third kappa shape index (κ3) is 3.60. The maximum atomic E-state index is 13.3. The maximum absolute atomic E-state index is 13.3. The van der Waals surface area contributed by atoms with E-state index in [-0.39, 0.29) is 17.4 Å². The molecule has 4 nitrogen and oxygen atoms in total. The topological polar surface area (TPSA) is 41.6 Å². The number of morpholine rings is 1. The first-order valence-corrected chi connectivity index (χ1v) is 11.2. The molecule has 1 atom stereocenters. The second-order valence-electron chi connectivity index (χ2n) is 7.16. The van der Waals surface area contributed by atoms with Crippen LogP contribution >= 0.6 is 22.7 Å². The zero-order chi connectivity index (χ0) is 17.8. The fraction of sp³-hybridized carbons (Fsp3) is 0.550. The van der Waals surface area contributed by atoms with Crippen LogP contribution in [0.3, 0.4) is 0 Å². The molecule has 2 fully saturated rings. The highest BCUT2D eigenvalue weighted by Gasteiger charge is 2.43. The Morgan fingerprint density at radius 3 is 2.54 bits per heavy atom. The van der Waals surface area contributed by atoms with Crippen LogP contribution in [0.25, 0.3) is 0 Å². The molecule has 26 heavy (non-hydrogen) atoms. The van der Waals surface area contributed by atoms with E-state index in [1.54, 1.807) is 22.7 Å². The van der Waals surface area contributed by atoms with E-state index >= 15 is 0 Å². The smallest absolute Gasteiger partial charge is 0.231 e. The van der Waals surface area contributed by atoms with Gasteiger partial charge in [-0.1, -0.05) is 25.0 Å². The van der Waals surface area contributed by atoms with E-state index in [2.05, 4.69) is 45.2 Å². The summed E-state index contributed by atoms with van der Waals surface area (Å²) in [6.07, 6.45) is 4.23. The molecule has 3 heterocycles. The molecule has 6 heteroatoms. The lowest BCUT2D eigenvalue weighted by Crippen LogP contribution is -2.47. The van der Waals surface area contributed by atoms with Gasteiger partial charge in [0.05, 0.1) is 24.7 Å². The first-order chi connectivity index (χ1) is 12.8. The van der Waals surface area contributed by atoms with Gasteiger partial charge in [-0.15, -0.1) is 22.7 Å². The predicted molar refractivity (Wildman–Crippen MR) is 107 cm³/mol. The number of rotatable bonds is 6. The molecule has 140 valence electrons. The second kappa shape index (κ2) is 8.21. The van der Waals surface area contributed by atoms with Gasteiger partial charge in [0.1, 0.15) is 0 Å². The molecule has 1 unspecified atom stereocenters. The molecule has 1 amide bonds. The molecular weight excluding hydrogens is 364 g/mol. The van der Waals surface area contributed by atoms with E-state index in [0.29, 0.717) is 6.54 Å². The Bertz CT molecular complexity index is 687. The molecule has 0 aromatic carbocycles. The van der Waals surface area contributed by atoms with Crippen LogP contribution in [0.4, 0.5) is 0 Å². The lowest BCUT2D eigenvalue weighted by atomic mass is 9.83. The molecule has 4 rings (SSSR count).